The molecule has 0 radical (unpaired) electrons. The molecule has 3 heterocycles. The van der Waals surface area contributed by atoms with Crippen LogP contribution in [0.2, 0.25) is 0 Å². The Hall–Kier alpha value is -2.35. The lowest BCUT2D eigenvalue weighted by Crippen LogP contribution is -2.53. The van der Waals surface area contributed by atoms with Crippen molar-refractivity contribution in [2.45, 2.75) is 25.4 Å². The van der Waals surface area contributed by atoms with Gasteiger partial charge in [-0.1, -0.05) is 0 Å². The molecule has 2 fully saturated rings. The number of carbonyl (C=O) groups is 3. The summed E-state index contributed by atoms with van der Waals surface area (Å²) in [5, 5.41) is 5.55. The van der Waals surface area contributed by atoms with E-state index in [1.807, 2.05) is 4.90 Å². The van der Waals surface area contributed by atoms with Crippen LogP contribution in [-0.2, 0) is 20.9 Å². The van der Waals surface area contributed by atoms with Crippen LogP contribution in [0.1, 0.15) is 18.6 Å². The van der Waals surface area contributed by atoms with Crippen molar-refractivity contribution in [3.05, 3.63) is 24.2 Å². The minimum Gasteiger partial charge on any atom is -0.467 e. The van der Waals surface area contributed by atoms with Gasteiger partial charge in [0.1, 0.15) is 5.76 Å². The van der Waals surface area contributed by atoms with Gasteiger partial charge in [0.2, 0.25) is 17.7 Å². The van der Waals surface area contributed by atoms with Gasteiger partial charge in [-0.15, -0.1) is 0 Å². The largest absolute Gasteiger partial charge is 0.467 e. The first-order chi connectivity index (χ1) is 11.6. The van der Waals surface area contributed by atoms with Crippen molar-refractivity contribution < 1.29 is 18.8 Å². The van der Waals surface area contributed by atoms with Crippen LogP contribution in [0.4, 0.5) is 0 Å². The number of hydrogen-bond acceptors (Lipinski definition) is 5. The monoisotopic (exact) mass is 334 g/mol. The molecule has 1 aromatic rings. The molecule has 0 bridgehead atoms. The molecular formula is C16H22N4O4. The Bertz CT molecular complexity index is 601. The molecule has 0 aliphatic carbocycles. The summed E-state index contributed by atoms with van der Waals surface area (Å²) in [5.74, 6) is 0.371. The lowest BCUT2D eigenvalue weighted by molar-refractivity contribution is -0.140. The van der Waals surface area contributed by atoms with Gasteiger partial charge >= 0.3 is 0 Å². The molecule has 0 saturated carbocycles. The van der Waals surface area contributed by atoms with E-state index in [1.54, 1.807) is 23.3 Å². The molecule has 1 atom stereocenters. The van der Waals surface area contributed by atoms with Crippen LogP contribution in [0.5, 0.6) is 0 Å². The average molecular weight is 334 g/mol. The molecule has 3 rings (SSSR count). The van der Waals surface area contributed by atoms with E-state index in [9.17, 15) is 14.4 Å². The molecule has 130 valence electrons. The van der Waals surface area contributed by atoms with Crippen molar-refractivity contribution >= 4 is 17.7 Å². The lowest BCUT2D eigenvalue weighted by atomic mass is 10.2. The molecule has 2 aliphatic rings. The molecule has 3 amide bonds. The topological polar surface area (TPSA) is 94.9 Å². The second kappa shape index (κ2) is 7.48. The first-order valence-electron chi connectivity index (χ1n) is 8.22. The maximum absolute atomic E-state index is 12.4. The van der Waals surface area contributed by atoms with Crippen LogP contribution >= 0.6 is 0 Å². The number of piperazine rings is 1. The van der Waals surface area contributed by atoms with Crippen molar-refractivity contribution in [2.24, 2.45) is 0 Å². The average Bonchev–Trinajstić information content (AvgIpc) is 3.24. The summed E-state index contributed by atoms with van der Waals surface area (Å²) in [6.45, 7) is 2.33. The predicted octanol–water partition coefficient (Wildman–Crippen LogP) is -0.681. The molecule has 1 unspecified atom stereocenters. The maximum atomic E-state index is 12.4. The Morgan fingerprint density at radius 2 is 2.25 bits per heavy atom. The highest BCUT2D eigenvalue weighted by atomic mass is 16.3. The number of likely N-dealkylation sites (tertiary alicyclic amines) is 1. The number of nitrogens with zero attached hydrogens (tertiary/aromatic N) is 2. The van der Waals surface area contributed by atoms with Gasteiger partial charge < -0.3 is 20.0 Å². The minimum atomic E-state index is -0.303. The fourth-order valence-electron chi connectivity index (χ4n) is 3.14. The second-order valence-corrected chi connectivity index (χ2v) is 6.09. The van der Waals surface area contributed by atoms with Gasteiger partial charge in [0.15, 0.2) is 0 Å². The van der Waals surface area contributed by atoms with Gasteiger partial charge in [0.05, 0.1) is 31.9 Å². The van der Waals surface area contributed by atoms with E-state index in [0.29, 0.717) is 31.9 Å². The van der Waals surface area contributed by atoms with Gasteiger partial charge in [0.25, 0.3) is 0 Å². The number of nitrogens with one attached hydrogen (secondary N) is 2. The molecule has 2 N–H and O–H groups in total. The molecule has 2 saturated heterocycles. The highest BCUT2D eigenvalue weighted by Gasteiger charge is 2.33. The number of hydrogen-bond donors (Lipinski definition) is 2. The Labute approximate surface area is 140 Å². The number of rotatable bonds is 5. The van der Waals surface area contributed by atoms with Gasteiger partial charge in [-0.25, -0.2) is 0 Å². The number of furan rings is 1. The zero-order valence-corrected chi connectivity index (χ0v) is 13.5. The zero-order valence-electron chi connectivity index (χ0n) is 13.5. The Morgan fingerprint density at radius 3 is 3.00 bits per heavy atom. The highest BCUT2D eigenvalue weighted by molar-refractivity contribution is 5.87. The molecular weight excluding hydrogens is 312 g/mol. The molecule has 0 spiro atoms. The summed E-state index contributed by atoms with van der Waals surface area (Å²) in [7, 11) is 0. The normalized spacial score (nSPS) is 21.6. The molecule has 0 aromatic carbocycles. The standard InChI is InChI=1S/C16H22N4O4/c21-14-10-20(7-5-17-14)15(22)11-19-6-1-4-13(19)16(23)18-9-12-3-2-8-24-12/h2-3,8,13H,1,4-7,9-11H2,(H,17,21)(H,18,23). The zero-order chi connectivity index (χ0) is 16.9. The summed E-state index contributed by atoms with van der Waals surface area (Å²) < 4.78 is 5.20. The Balaban J connectivity index is 1.51. The van der Waals surface area contributed by atoms with Crippen molar-refractivity contribution in [1.82, 2.24) is 20.4 Å². The molecule has 8 nitrogen and oxygen atoms in total. The molecule has 1 aromatic heterocycles. The number of amides is 3. The highest BCUT2D eigenvalue weighted by Crippen LogP contribution is 2.17. The van der Waals surface area contributed by atoms with Crippen LogP contribution in [-0.4, -0.2) is 66.3 Å². The predicted molar refractivity (Wildman–Crippen MR) is 84.7 cm³/mol. The number of carbonyl (C=O) groups excluding carboxylic acids is 3. The molecule has 2 aliphatic heterocycles. The van der Waals surface area contributed by atoms with E-state index in [2.05, 4.69) is 10.6 Å². The van der Waals surface area contributed by atoms with Crippen LogP contribution in [0.15, 0.2) is 22.8 Å². The Morgan fingerprint density at radius 1 is 1.38 bits per heavy atom. The smallest absolute Gasteiger partial charge is 0.239 e. The molecule has 24 heavy (non-hydrogen) atoms. The SMILES string of the molecule is O=C1CN(C(=O)CN2CCCC2C(=O)NCc2ccco2)CCN1. The minimum absolute atomic E-state index is 0.0897. The first-order valence-corrected chi connectivity index (χ1v) is 8.22. The third-order valence-corrected chi connectivity index (χ3v) is 4.41. The third-order valence-electron chi connectivity index (χ3n) is 4.41. The van der Waals surface area contributed by atoms with E-state index >= 15 is 0 Å². The van der Waals surface area contributed by atoms with Crippen molar-refractivity contribution in [3.63, 3.8) is 0 Å². The summed E-state index contributed by atoms with van der Waals surface area (Å²) in [6.07, 6.45) is 3.18. The third kappa shape index (κ3) is 3.94. The van der Waals surface area contributed by atoms with Crippen LogP contribution < -0.4 is 10.6 Å². The van der Waals surface area contributed by atoms with Gasteiger partial charge in [-0.3, -0.25) is 19.3 Å². The van der Waals surface area contributed by atoms with Crippen LogP contribution in [0, 0.1) is 0 Å². The van der Waals surface area contributed by atoms with E-state index in [0.717, 1.165) is 12.8 Å². The van der Waals surface area contributed by atoms with Gasteiger partial charge in [-0.05, 0) is 31.5 Å². The van der Waals surface area contributed by atoms with E-state index < -0.39 is 0 Å². The van der Waals surface area contributed by atoms with E-state index in [1.165, 1.54) is 0 Å². The van der Waals surface area contributed by atoms with Crippen molar-refractivity contribution in [1.29, 1.82) is 0 Å². The van der Waals surface area contributed by atoms with Gasteiger partial charge in [0, 0.05) is 13.1 Å². The fraction of sp³-hybridized carbons (Fsp3) is 0.562. The quantitative estimate of drug-likeness (QED) is 0.744. The van der Waals surface area contributed by atoms with E-state index in [4.69, 9.17) is 4.42 Å². The second-order valence-electron chi connectivity index (χ2n) is 6.09. The summed E-state index contributed by atoms with van der Waals surface area (Å²) in [4.78, 5) is 39.6. The summed E-state index contributed by atoms with van der Waals surface area (Å²) in [5.41, 5.74) is 0. The van der Waals surface area contributed by atoms with Crippen molar-refractivity contribution in [3.8, 4) is 0 Å². The molecule has 8 heteroatoms. The van der Waals surface area contributed by atoms with Gasteiger partial charge in [-0.2, -0.15) is 0 Å². The summed E-state index contributed by atoms with van der Waals surface area (Å²) in [6, 6.07) is 3.27. The van der Waals surface area contributed by atoms with Crippen LogP contribution in [0.25, 0.3) is 0 Å². The fourth-order valence-corrected chi connectivity index (χ4v) is 3.14. The maximum Gasteiger partial charge on any atom is 0.239 e. The van der Waals surface area contributed by atoms with E-state index in [-0.39, 0.29) is 36.9 Å². The summed E-state index contributed by atoms with van der Waals surface area (Å²) >= 11 is 0. The Kier molecular flexibility index (Phi) is 5.14. The van der Waals surface area contributed by atoms with Crippen molar-refractivity contribution in [2.75, 3.05) is 32.7 Å². The first kappa shape index (κ1) is 16.5. The van der Waals surface area contributed by atoms with Crippen LogP contribution in [0.3, 0.4) is 0 Å². The lowest BCUT2D eigenvalue weighted by Gasteiger charge is -2.30.